The van der Waals surface area contributed by atoms with Crippen LogP contribution in [-0.2, 0) is 6.54 Å². The molecular formula is C19H32N4O. The fraction of sp³-hybridized carbons (Fsp3) is 0.737. The molecule has 2 fully saturated rings. The highest BCUT2D eigenvalue weighted by Crippen LogP contribution is 2.23. The Morgan fingerprint density at radius 2 is 1.96 bits per heavy atom. The highest BCUT2D eigenvalue weighted by molar-refractivity contribution is 5.10. The molecule has 134 valence electrons. The molecule has 0 saturated carbocycles. The summed E-state index contributed by atoms with van der Waals surface area (Å²) in [6, 6.07) is 7.43. The summed E-state index contributed by atoms with van der Waals surface area (Å²) < 4.78 is 0. The van der Waals surface area contributed by atoms with Crippen LogP contribution in [0, 0.1) is 6.92 Å². The second-order valence-corrected chi connectivity index (χ2v) is 7.44. The van der Waals surface area contributed by atoms with Crippen LogP contribution in [-0.4, -0.2) is 83.3 Å². The standard InChI is InChI=1S/C19H32N4O/c1-16-4-3-5-17(20-16)14-22-11-12-23(19(15-22)8-13-24)18-6-9-21(2)10-7-18/h3-5,18-19,24H,6-15H2,1-2H3/t19-/m0/s1. The average Bonchev–Trinajstić information content (AvgIpc) is 2.57. The largest absolute Gasteiger partial charge is 0.396 e. The first-order valence-electron chi connectivity index (χ1n) is 9.35. The summed E-state index contributed by atoms with van der Waals surface area (Å²) in [6.45, 7) is 8.91. The maximum Gasteiger partial charge on any atom is 0.0547 e. The minimum absolute atomic E-state index is 0.282. The van der Waals surface area contributed by atoms with E-state index in [2.05, 4.69) is 51.9 Å². The molecule has 3 heterocycles. The Kier molecular flexibility index (Phi) is 6.22. The summed E-state index contributed by atoms with van der Waals surface area (Å²) in [4.78, 5) is 12.3. The molecule has 0 aliphatic carbocycles. The Labute approximate surface area is 146 Å². The van der Waals surface area contributed by atoms with Crippen molar-refractivity contribution in [2.75, 3.05) is 46.4 Å². The van der Waals surface area contributed by atoms with Crippen molar-refractivity contribution in [3.8, 4) is 0 Å². The third kappa shape index (κ3) is 4.54. The summed E-state index contributed by atoms with van der Waals surface area (Å²) in [6.07, 6.45) is 3.40. The molecule has 0 aromatic carbocycles. The van der Waals surface area contributed by atoms with Gasteiger partial charge < -0.3 is 10.0 Å². The van der Waals surface area contributed by atoms with Gasteiger partial charge in [0, 0.05) is 50.6 Å². The highest BCUT2D eigenvalue weighted by atomic mass is 16.3. The van der Waals surface area contributed by atoms with E-state index in [-0.39, 0.29) is 6.61 Å². The van der Waals surface area contributed by atoms with Gasteiger partial charge in [-0.3, -0.25) is 14.8 Å². The maximum atomic E-state index is 9.52. The van der Waals surface area contributed by atoms with E-state index < -0.39 is 0 Å². The molecule has 0 radical (unpaired) electrons. The van der Waals surface area contributed by atoms with Crippen LogP contribution in [0.4, 0.5) is 0 Å². The van der Waals surface area contributed by atoms with Crippen molar-refractivity contribution in [3.63, 3.8) is 0 Å². The minimum atomic E-state index is 0.282. The summed E-state index contributed by atoms with van der Waals surface area (Å²) in [5.74, 6) is 0. The van der Waals surface area contributed by atoms with Crippen LogP contribution in [0.2, 0.25) is 0 Å². The molecule has 1 atom stereocenters. The van der Waals surface area contributed by atoms with E-state index in [1.165, 1.54) is 25.9 Å². The van der Waals surface area contributed by atoms with Crippen LogP contribution in [0.3, 0.4) is 0 Å². The number of hydrogen-bond acceptors (Lipinski definition) is 5. The normalized spacial score (nSPS) is 25.2. The number of piperidine rings is 1. The number of likely N-dealkylation sites (tertiary alicyclic amines) is 1. The molecule has 0 amide bonds. The van der Waals surface area contributed by atoms with Crippen LogP contribution in [0.25, 0.3) is 0 Å². The van der Waals surface area contributed by atoms with Gasteiger partial charge in [-0.15, -0.1) is 0 Å². The fourth-order valence-electron chi connectivity index (χ4n) is 4.21. The number of aliphatic hydroxyl groups excluding tert-OH is 1. The van der Waals surface area contributed by atoms with Crippen molar-refractivity contribution >= 4 is 0 Å². The molecule has 2 saturated heterocycles. The van der Waals surface area contributed by atoms with Gasteiger partial charge in [-0.2, -0.15) is 0 Å². The van der Waals surface area contributed by atoms with E-state index in [0.29, 0.717) is 12.1 Å². The molecular weight excluding hydrogens is 300 g/mol. The smallest absolute Gasteiger partial charge is 0.0547 e. The Bertz CT molecular complexity index is 516. The zero-order chi connectivity index (χ0) is 16.9. The second kappa shape index (κ2) is 8.39. The number of rotatable bonds is 5. The molecule has 0 bridgehead atoms. The predicted octanol–water partition coefficient (Wildman–Crippen LogP) is 1.35. The Morgan fingerprint density at radius 3 is 2.67 bits per heavy atom. The number of aromatic nitrogens is 1. The van der Waals surface area contributed by atoms with Crippen molar-refractivity contribution in [2.24, 2.45) is 0 Å². The Balaban J connectivity index is 1.60. The topological polar surface area (TPSA) is 42.8 Å². The quantitative estimate of drug-likeness (QED) is 0.882. The van der Waals surface area contributed by atoms with Crippen LogP contribution >= 0.6 is 0 Å². The predicted molar refractivity (Wildman–Crippen MR) is 97.0 cm³/mol. The summed E-state index contributed by atoms with van der Waals surface area (Å²) in [5.41, 5.74) is 2.25. The van der Waals surface area contributed by atoms with E-state index in [1.807, 2.05) is 0 Å². The zero-order valence-corrected chi connectivity index (χ0v) is 15.2. The van der Waals surface area contributed by atoms with Crippen molar-refractivity contribution in [3.05, 3.63) is 29.6 Å². The molecule has 2 aliphatic heterocycles. The first-order chi connectivity index (χ1) is 11.7. The number of aliphatic hydroxyl groups is 1. The van der Waals surface area contributed by atoms with Gasteiger partial charge in [-0.25, -0.2) is 0 Å². The third-order valence-electron chi connectivity index (χ3n) is 5.56. The zero-order valence-electron chi connectivity index (χ0n) is 15.2. The molecule has 1 aromatic heterocycles. The van der Waals surface area contributed by atoms with E-state index in [4.69, 9.17) is 0 Å². The summed E-state index contributed by atoms with van der Waals surface area (Å²) >= 11 is 0. The van der Waals surface area contributed by atoms with Crippen LogP contribution in [0.5, 0.6) is 0 Å². The first kappa shape index (κ1) is 17.8. The van der Waals surface area contributed by atoms with Gasteiger partial charge >= 0.3 is 0 Å². The SMILES string of the molecule is Cc1cccc(CN2CCN(C3CCN(C)CC3)[C@@H](CCO)C2)n1. The number of piperazine rings is 1. The number of nitrogens with zero attached hydrogens (tertiary/aromatic N) is 4. The first-order valence-corrected chi connectivity index (χ1v) is 9.35. The Morgan fingerprint density at radius 1 is 1.17 bits per heavy atom. The molecule has 5 nitrogen and oxygen atoms in total. The number of aryl methyl sites for hydroxylation is 1. The highest BCUT2D eigenvalue weighted by Gasteiger charge is 2.33. The van der Waals surface area contributed by atoms with Gasteiger partial charge in [0.2, 0.25) is 0 Å². The lowest BCUT2D eigenvalue weighted by atomic mass is 9.98. The molecule has 0 spiro atoms. The van der Waals surface area contributed by atoms with E-state index >= 15 is 0 Å². The maximum absolute atomic E-state index is 9.52. The van der Waals surface area contributed by atoms with Gasteiger partial charge in [0.15, 0.2) is 0 Å². The number of hydrogen-bond donors (Lipinski definition) is 1. The van der Waals surface area contributed by atoms with Crippen molar-refractivity contribution in [1.82, 2.24) is 19.7 Å². The minimum Gasteiger partial charge on any atom is -0.396 e. The molecule has 1 aromatic rings. The average molecular weight is 332 g/mol. The van der Waals surface area contributed by atoms with Gasteiger partial charge in [0.05, 0.1) is 5.69 Å². The second-order valence-electron chi connectivity index (χ2n) is 7.44. The third-order valence-corrected chi connectivity index (χ3v) is 5.56. The van der Waals surface area contributed by atoms with Gasteiger partial charge in [-0.1, -0.05) is 6.07 Å². The molecule has 1 N–H and O–H groups in total. The molecule has 5 heteroatoms. The molecule has 24 heavy (non-hydrogen) atoms. The monoisotopic (exact) mass is 332 g/mol. The van der Waals surface area contributed by atoms with Gasteiger partial charge in [-0.05, 0) is 58.5 Å². The lowest BCUT2D eigenvalue weighted by Crippen LogP contribution is -2.58. The molecule has 0 unspecified atom stereocenters. The summed E-state index contributed by atoms with van der Waals surface area (Å²) in [5, 5.41) is 9.52. The van der Waals surface area contributed by atoms with Crippen LogP contribution < -0.4 is 0 Å². The molecule has 3 rings (SSSR count). The number of pyridine rings is 1. The summed E-state index contributed by atoms with van der Waals surface area (Å²) in [7, 11) is 2.22. The lowest BCUT2D eigenvalue weighted by Gasteiger charge is -2.47. The fourth-order valence-corrected chi connectivity index (χ4v) is 4.21. The Hall–Kier alpha value is -1.01. The molecule has 2 aliphatic rings. The van der Waals surface area contributed by atoms with E-state index in [1.54, 1.807) is 0 Å². The van der Waals surface area contributed by atoms with Crippen LogP contribution in [0.1, 0.15) is 30.7 Å². The van der Waals surface area contributed by atoms with Crippen LogP contribution in [0.15, 0.2) is 18.2 Å². The van der Waals surface area contributed by atoms with Crippen molar-refractivity contribution < 1.29 is 5.11 Å². The van der Waals surface area contributed by atoms with E-state index in [0.717, 1.165) is 44.0 Å². The van der Waals surface area contributed by atoms with Crippen molar-refractivity contribution in [2.45, 2.75) is 44.8 Å². The van der Waals surface area contributed by atoms with Crippen molar-refractivity contribution in [1.29, 1.82) is 0 Å². The van der Waals surface area contributed by atoms with E-state index in [9.17, 15) is 5.11 Å². The van der Waals surface area contributed by atoms with Gasteiger partial charge in [0.1, 0.15) is 0 Å². The van der Waals surface area contributed by atoms with Gasteiger partial charge in [0.25, 0.3) is 0 Å². The lowest BCUT2D eigenvalue weighted by molar-refractivity contribution is 0.00564.